The Bertz CT molecular complexity index is 486. The van der Waals surface area contributed by atoms with Gasteiger partial charge in [-0.1, -0.05) is 11.6 Å². The number of amides is 1. The van der Waals surface area contributed by atoms with Crippen molar-refractivity contribution >= 4 is 28.9 Å². The van der Waals surface area contributed by atoms with Crippen molar-refractivity contribution in [2.24, 2.45) is 0 Å². The summed E-state index contributed by atoms with van der Waals surface area (Å²) in [5, 5.41) is 0.624. The Morgan fingerprint density at radius 3 is 2.65 bits per heavy atom. The molecule has 2 N–H and O–H groups in total. The number of likely N-dealkylation sites (N-methyl/N-ethyl adjacent to an activating group) is 1. The summed E-state index contributed by atoms with van der Waals surface area (Å²) in [4.78, 5) is 16.4. The zero-order valence-corrected chi connectivity index (χ0v) is 12.9. The molecular formula is C15H22ClN3O. The first kappa shape index (κ1) is 15.0. The molecular weight excluding hydrogens is 274 g/mol. The third-order valence-electron chi connectivity index (χ3n) is 3.98. The molecule has 5 heteroatoms. The third-order valence-corrected chi connectivity index (χ3v) is 4.21. The van der Waals surface area contributed by atoms with Crippen LogP contribution in [0.2, 0.25) is 5.02 Å². The van der Waals surface area contributed by atoms with Gasteiger partial charge >= 0.3 is 0 Å². The number of benzene rings is 1. The van der Waals surface area contributed by atoms with Gasteiger partial charge < -0.3 is 15.5 Å². The van der Waals surface area contributed by atoms with Gasteiger partial charge in [-0.2, -0.15) is 0 Å². The number of anilines is 2. The Morgan fingerprint density at radius 2 is 2.00 bits per heavy atom. The van der Waals surface area contributed by atoms with Gasteiger partial charge in [0.15, 0.2) is 0 Å². The number of rotatable bonds is 3. The van der Waals surface area contributed by atoms with Crippen LogP contribution in [0.3, 0.4) is 0 Å². The fourth-order valence-electron chi connectivity index (χ4n) is 2.58. The van der Waals surface area contributed by atoms with Crippen LogP contribution < -0.4 is 10.6 Å². The highest BCUT2D eigenvalue weighted by molar-refractivity contribution is 6.31. The quantitative estimate of drug-likeness (QED) is 0.872. The number of piperidine rings is 1. The SMILES string of the molecule is CC(C(=O)N1CCCCC1)N(C)c1cc(Cl)ccc1N. The average Bonchev–Trinajstić information content (AvgIpc) is 2.48. The molecule has 0 aliphatic carbocycles. The molecule has 2 rings (SSSR count). The molecule has 1 atom stereocenters. The van der Waals surface area contributed by atoms with E-state index >= 15 is 0 Å². The number of halogens is 1. The number of likely N-dealkylation sites (tertiary alicyclic amines) is 1. The van der Waals surface area contributed by atoms with Crippen molar-refractivity contribution < 1.29 is 4.79 Å². The highest BCUT2D eigenvalue weighted by Gasteiger charge is 2.26. The molecule has 0 saturated carbocycles. The Balaban J connectivity index is 2.12. The van der Waals surface area contributed by atoms with E-state index in [2.05, 4.69) is 0 Å². The van der Waals surface area contributed by atoms with Gasteiger partial charge in [-0.15, -0.1) is 0 Å². The topological polar surface area (TPSA) is 49.6 Å². The van der Waals surface area contributed by atoms with Crippen molar-refractivity contribution in [1.82, 2.24) is 4.90 Å². The standard InChI is InChI=1S/C15H22ClN3O/c1-11(15(20)19-8-4-3-5-9-19)18(2)14-10-12(16)6-7-13(14)17/h6-7,10-11H,3-5,8-9,17H2,1-2H3. The van der Waals surface area contributed by atoms with E-state index in [4.69, 9.17) is 17.3 Å². The molecule has 1 aliphatic heterocycles. The molecule has 4 nitrogen and oxygen atoms in total. The average molecular weight is 296 g/mol. The minimum atomic E-state index is -0.242. The van der Waals surface area contributed by atoms with Crippen LogP contribution in [0.4, 0.5) is 11.4 Å². The number of nitrogen functional groups attached to an aromatic ring is 1. The predicted molar refractivity (Wildman–Crippen MR) is 84.2 cm³/mol. The summed E-state index contributed by atoms with van der Waals surface area (Å²) in [5.41, 5.74) is 7.42. The van der Waals surface area contributed by atoms with E-state index in [-0.39, 0.29) is 11.9 Å². The van der Waals surface area contributed by atoms with Crippen LogP contribution in [-0.4, -0.2) is 37.0 Å². The van der Waals surface area contributed by atoms with E-state index in [0.717, 1.165) is 31.6 Å². The fourth-order valence-corrected chi connectivity index (χ4v) is 2.74. The van der Waals surface area contributed by atoms with Gasteiger partial charge in [0.2, 0.25) is 5.91 Å². The lowest BCUT2D eigenvalue weighted by Crippen LogP contribution is -2.47. The first-order chi connectivity index (χ1) is 9.50. The molecule has 1 aromatic carbocycles. The first-order valence-corrected chi connectivity index (χ1v) is 7.45. The Labute approximate surface area is 125 Å². The summed E-state index contributed by atoms with van der Waals surface area (Å²) in [5.74, 6) is 0.159. The van der Waals surface area contributed by atoms with Gasteiger partial charge in [-0.25, -0.2) is 0 Å². The third kappa shape index (κ3) is 3.18. The van der Waals surface area contributed by atoms with Gasteiger partial charge in [-0.05, 0) is 44.4 Å². The normalized spacial score (nSPS) is 16.9. The number of nitrogens with zero attached hydrogens (tertiary/aromatic N) is 2. The van der Waals surface area contributed by atoms with E-state index < -0.39 is 0 Å². The molecule has 0 radical (unpaired) electrons. The van der Waals surface area contributed by atoms with Gasteiger partial charge in [0.25, 0.3) is 0 Å². The minimum Gasteiger partial charge on any atom is -0.397 e. The van der Waals surface area contributed by atoms with Crippen LogP contribution in [0.15, 0.2) is 18.2 Å². The fraction of sp³-hybridized carbons (Fsp3) is 0.533. The van der Waals surface area contributed by atoms with Crippen molar-refractivity contribution in [3.05, 3.63) is 23.2 Å². The highest BCUT2D eigenvalue weighted by Crippen LogP contribution is 2.28. The second kappa shape index (κ2) is 6.35. The minimum absolute atomic E-state index is 0.159. The maximum absolute atomic E-state index is 12.5. The molecule has 20 heavy (non-hydrogen) atoms. The smallest absolute Gasteiger partial charge is 0.244 e. The van der Waals surface area contributed by atoms with E-state index in [1.165, 1.54) is 6.42 Å². The first-order valence-electron chi connectivity index (χ1n) is 7.07. The van der Waals surface area contributed by atoms with Crippen molar-refractivity contribution in [3.8, 4) is 0 Å². The second-order valence-electron chi connectivity index (χ2n) is 5.38. The Kier molecular flexibility index (Phi) is 4.76. The van der Waals surface area contributed by atoms with E-state index in [1.807, 2.05) is 23.8 Å². The zero-order valence-electron chi connectivity index (χ0n) is 12.1. The predicted octanol–water partition coefficient (Wildman–Crippen LogP) is 2.76. The molecule has 1 unspecified atom stereocenters. The van der Waals surface area contributed by atoms with Crippen molar-refractivity contribution in [1.29, 1.82) is 0 Å². The van der Waals surface area contributed by atoms with Gasteiger partial charge in [0.05, 0.1) is 11.4 Å². The van der Waals surface area contributed by atoms with Crippen LogP contribution in [0.5, 0.6) is 0 Å². The van der Waals surface area contributed by atoms with Crippen LogP contribution >= 0.6 is 11.6 Å². The maximum Gasteiger partial charge on any atom is 0.244 e. The molecule has 1 saturated heterocycles. The Hall–Kier alpha value is -1.42. The number of carbonyl (C=O) groups excluding carboxylic acids is 1. The lowest BCUT2D eigenvalue weighted by Gasteiger charge is -2.34. The molecule has 0 aromatic heterocycles. The van der Waals surface area contributed by atoms with Crippen LogP contribution in [-0.2, 0) is 4.79 Å². The number of hydrogen-bond donors (Lipinski definition) is 1. The van der Waals surface area contributed by atoms with E-state index in [1.54, 1.807) is 18.2 Å². The molecule has 1 aliphatic rings. The van der Waals surface area contributed by atoms with E-state index in [9.17, 15) is 4.79 Å². The molecule has 1 heterocycles. The van der Waals surface area contributed by atoms with Crippen molar-refractivity contribution in [2.75, 3.05) is 30.8 Å². The van der Waals surface area contributed by atoms with Crippen molar-refractivity contribution in [2.45, 2.75) is 32.2 Å². The lowest BCUT2D eigenvalue weighted by atomic mass is 10.1. The van der Waals surface area contributed by atoms with E-state index in [0.29, 0.717) is 10.7 Å². The lowest BCUT2D eigenvalue weighted by molar-refractivity contribution is -0.133. The van der Waals surface area contributed by atoms with Crippen LogP contribution in [0.25, 0.3) is 0 Å². The zero-order chi connectivity index (χ0) is 14.7. The maximum atomic E-state index is 12.5. The molecule has 110 valence electrons. The Morgan fingerprint density at radius 1 is 1.35 bits per heavy atom. The second-order valence-corrected chi connectivity index (χ2v) is 5.81. The van der Waals surface area contributed by atoms with Gasteiger partial charge in [0.1, 0.15) is 6.04 Å². The van der Waals surface area contributed by atoms with Gasteiger partial charge in [0, 0.05) is 25.2 Å². The summed E-state index contributed by atoms with van der Waals surface area (Å²) < 4.78 is 0. The molecule has 0 spiro atoms. The largest absolute Gasteiger partial charge is 0.397 e. The highest BCUT2D eigenvalue weighted by atomic mass is 35.5. The molecule has 1 fully saturated rings. The number of nitrogens with two attached hydrogens (primary N) is 1. The van der Waals surface area contributed by atoms with Crippen LogP contribution in [0.1, 0.15) is 26.2 Å². The molecule has 1 amide bonds. The summed E-state index contributed by atoms with van der Waals surface area (Å²) in [6.07, 6.45) is 3.41. The van der Waals surface area contributed by atoms with Gasteiger partial charge in [-0.3, -0.25) is 4.79 Å². The summed E-state index contributed by atoms with van der Waals surface area (Å²) in [7, 11) is 1.88. The number of carbonyl (C=O) groups is 1. The van der Waals surface area contributed by atoms with Crippen LogP contribution in [0, 0.1) is 0 Å². The summed E-state index contributed by atoms with van der Waals surface area (Å²) >= 11 is 6.02. The summed E-state index contributed by atoms with van der Waals surface area (Å²) in [6, 6.07) is 5.09. The molecule has 1 aromatic rings. The summed E-state index contributed by atoms with van der Waals surface area (Å²) in [6.45, 7) is 3.64. The van der Waals surface area contributed by atoms with Crippen molar-refractivity contribution in [3.63, 3.8) is 0 Å². The monoisotopic (exact) mass is 295 g/mol. The number of hydrogen-bond acceptors (Lipinski definition) is 3. The molecule has 0 bridgehead atoms.